The third-order valence-corrected chi connectivity index (χ3v) is 9.65. The predicted octanol–water partition coefficient (Wildman–Crippen LogP) is 4.37. The first-order chi connectivity index (χ1) is 17.4. The van der Waals surface area contributed by atoms with Crippen molar-refractivity contribution in [3.8, 4) is 5.75 Å². The van der Waals surface area contributed by atoms with Crippen LogP contribution in [0.1, 0.15) is 38.2 Å². The second-order valence-corrected chi connectivity index (χ2v) is 12.1. The molecule has 2 aliphatic heterocycles. The summed E-state index contributed by atoms with van der Waals surface area (Å²) in [6.45, 7) is 5.75. The number of carbonyl (C=O) groups excluding carboxylic acids is 1. The Labute approximate surface area is 215 Å². The second kappa shape index (κ2) is 10.5. The Morgan fingerprint density at radius 1 is 1.19 bits per heavy atom. The lowest BCUT2D eigenvalue weighted by molar-refractivity contribution is -0.122. The van der Waals surface area contributed by atoms with Crippen LogP contribution in [0.2, 0.25) is 0 Å². The van der Waals surface area contributed by atoms with Crippen molar-refractivity contribution in [2.75, 3.05) is 31.2 Å². The van der Waals surface area contributed by atoms with Crippen molar-refractivity contribution in [2.24, 2.45) is 0 Å². The number of anilines is 1. The van der Waals surface area contributed by atoms with E-state index in [1.165, 1.54) is 15.6 Å². The summed E-state index contributed by atoms with van der Waals surface area (Å²) in [7, 11) is -3.81. The van der Waals surface area contributed by atoms with Crippen LogP contribution >= 0.6 is 11.3 Å². The maximum Gasteiger partial charge on any atom is 0.247 e. The van der Waals surface area contributed by atoms with Gasteiger partial charge < -0.3 is 9.47 Å². The lowest BCUT2D eigenvalue weighted by atomic mass is 10.2. The molecule has 10 heteroatoms. The van der Waals surface area contributed by atoms with Crippen molar-refractivity contribution in [2.45, 2.75) is 56.6 Å². The molecule has 1 amide bonds. The summed E-state index contributed by atoms with van der Waals surface area (Å²) in [4.78, 5) is 20.6. The molecule has 3 heterocycles. The van der Waals surface area contributed by atoms with Crippen molar-refractivity contribution in [1.29, 1.82) is 0 Å². The van der Waals surface area contributed by atoms with E-state index in [9.17, 15) is 13.2 Å². The first-order valence-corrected chi connectivity index (χ1v) is 14.7. The van der Waals surface area contributed by atoms with E-state index in [1.807, 2.05) is 32.0 Å². The van der Waals surface area contributed by atoms with Crippen LogP contribution < -0.4 is 9.64 Å². The molecule has 36 heavy (non-hydrogen) atoms. The first-order valence-electron chi connectivity index (χ1n) is 12.4. The Kier molecular flexibility index (Phi) is 7.30. The smallest absolute Gasteiger partial charge is 0.247 e. The van der Waals surface area contributed by atoms with Gasteiger partial charge in [0.1, 0.15) is 11.8 Å². The average Bonchev–Trinajstić information content (AvgIpc) is 3.63. The number of nitrogens with zero attached hydrogens (tertiary/aromatic N) is 3. The monoisotopic (exact) mass is 529 g/mol. The highest BCUT2D eigenvalue weighted by Crippen LogP contribution is 2.35. The van der Waals surface area contributed by atoms with Gasteiger partial charge in [0.05, 0.1) is 34.4 Å². The molecule has 1 aromatic heterocycles. The van der Waals surface area contributed by atoms with Crippen LogP contribution in [0.5, 0.6) is 5.75 Å². The highest BCUT2D eigenvalue weighted by molar-refractivity contribution is 7.89. The molecule has 8 nitrogen and oxygen atoms in total. The van der Waals surface area contributed by atoms with Crippen LogP contribution in [0.4, 0.5) is 5.13 Å². The molecule has 2 unspecified atom stereocenters. The molecule has 2 aliphatic rings. The zero-order valence-corrected chi connectivity index (χ0v) is 22.2. The van der Waals surface area contributed by atoms with Crippen molar-refractivity contribution < 1.29 is 22.7 Å². The molecule has 5 rings (SSSR count). The maximum absolute atomic E-state index is 14.0. The predicted molar refractivity (Wildman–Crippen MR) is 140 cm³/mol. The highest BCUT2D eigenvalue weighted by atomic mass is 32.2. The highest BCUT2D eigenvalue weighted by Gasteiger charge is 2.42. The number of aryl methyl sites for hydroxylation is 1. The summed E-state index contributed by atoms with van der Waals surface area (Å²) in [5, 5.41) is 0.554. The summed E-state index contributed by atoms with van der Waals surface area (Å²) in [6, 6.07) is 11.7. The van der Waals surface area contributed by atoms with Gasteiger partial charge in [0.15, 0.2) is 5.13 Å². The van der Waals surface area contributed by atoms with Gasteiger partial charge in [-0.3, -0.25) is 9.69 Å². The second-order valence-electron chi connectivity index (χ2n) is 9.23. The molecule has 2 aromatic carbocycles. The van der Waals surface area contributed by atoms with E-state index in [1.54, 1.807) is 29.2 Å². The van der Waals surface area contributed by atoms with E-state index in [-0.39, 0.29) is 16.9 Å². The summed E-state index contributed by atoms with van der Waals surface area (Å²) in [6.07, 6.45) is 2.82. The Morgan fingerprint density at radius 2 is 2.00 bits per heavy atom. The van der Waals surface area contributed by atoms with Crippen LogP contribution in [0.15, 0.2) is 47.4 Å². The minimum atomic E-state index is -3.81. The molecular formula is C26H31N3O5S2. The summed E-state index contributed by atoms with van der Waals surface area (Å²) in [5.74, 6) is 0.506. The Bertz CT molecular complexity index is 1330. The van der Waals surface area contributed by atoms with Gasteiger partial charge in [0.2, 0.25) is 15.9 Å². The van der Waals surface area contributed by atoms with Crippen molar-refractivity contribution >= 4 is 42.6 Å². The first kappa shape index (κ1) is 25.1. The number of thiazole rings is 1. The molecule has 2 saturated heterocycles. The van der Waals surface area contributed by atoms with E-state index in [2.05, 4.69) is 0 Å². The number of rotatable bonds is 8. The third-order valence-electron chi connectivity index (χ3n) is 6.68. The van der Waals surface area contributed by atoms with Gasteiger partial charge in [-0.1, -0.05) is 29.0 Å². The molecule has 0 aliphatic carbocycles. The van der Waals surface area contributed by atoms with Crippen molar-refractivity contribution in [1.82, 2.24) is 9.29 Å². The fourth-order valence-electron chi connectivity index (χ4n) is 4.82. The van der Waals surface area contributed by atoms with Crippen LogP contribution in [-0.4, -0.2) is 62.1 Å². The van der Waals surface area contributed by atoms with Gasteiger partial charge in [-0.2, -0.15) is 4.31 Å². The van der Waals surface area contributed by atoms with Gasteiger partial charge >= 0.3 is 0 Å². The van der Waals surface area contributed by atoms with Gasteiger partial charge in [-0.05, 0) is 69.9 Å². The summed E-state index contributed by atoms with van der Waals surface area (Å²) in [5.41, 5.74) is 1.76. The van der Waals surface area contributed by atoms with Crippen LogP contribution in [0, 0.1) is 6.92 Å². The molecule has 192 valence electrons. The van der Waals surface area contributed by atoms with Crippen molar-refractivity contribution in [3.05, 3.63) is 48.0 Å². The molecule has 2 fully saturated rings. The molecule has 0 spiro atoms. The minimum absolute atomic E-state index is 0.0940. The van der Waals surface area contributed by atoms with Gasteiger partial charge in [-0.25, -0.2) is 13.4 Å². The number of fused-ring (bicyclic) bond motifs is 1. The number of benzene rings is 2. The van der Waals surface area contributed by atoms with Gasteiger partial charge in [0, 0.05) is 13.2 Å². The fraction of sp³-hybridized carbons (Fsp3) is 0.462. The molecule has 2 atom stereocenters. The number of amides is 1. The fourth-order valence-corrected chi connectivity index (χ4v) is 7.48. The molecule has 0 bridgehead atoms. The Hall–Kier alpha value is -2.53. The maximum atomic E-state index is 14.0. The SMILES string of the molecule is CCOc1ccc2nc(N(CC3CCCO3)C(=O)C3CCCN3S(=O)(=O)c3ccc(C)cc3)sc2c1. The number of aromatic nitrogens is 1. The number of hydrogen-bond donors (Lipinski definition) is 0. The van der Waals surface area contributed by atoms with Gasteiger partial charge in [-0.15, -0.1) is 0 Å². The normalized spacial score (nSPS) is 20.7. The van der Waals surface area contributed by atoms with E-state index in [0.29, 0.717) is 44.3 Å². The summed E-state index contributed by atoms with van der Waals surface area (Å²) < 4.78 is 40.8. The van der Waals surface area contributed by atoms with Crippen molar-refractivity contribution in [3.63, 3.8) is 0 Å². The topological polar surface area (TPSA) is 89.0 Å². The Morgan fingerprint density at radius 3 is 2.72 bits per heavy atom. The lowest BCUT2D eigenvalue weighted by Gasteiger charge is -2.29. The molecule has 0 saturated carbocycles. The number of sulfonamides is 1. The minimum Gasteiger partial charge on any atom is -0.494 e. The van der Waals surface area contributed by atoms with Crippen LogP contribution in [0.25, 0.3) is 10.2 Å². The standard InChI is InChI=1S/C26H31N3O5S2/c1-3-33-19-10-13-22-24(16-19)35-26(27-22)28(17-20-6-5-15-34-20)25(30)23-7-4-14-29(23)36(31,32)21-11-8-18(2)9-12-21/h8-13,16,20,23H,3-7,14-15,17H2,1-2H3. The van der Waals surface area contributed by atoms with E-state index < -0.39 is 16.1 Å². The van der Waals surface area contributed by atoms with E-state index in [0.717, 1.165) is 34.4 Å². The molecule has 0 N–H and O–H groups in total. The number of ether oxygens (including phenoxy) is 2. The third kappa shape index (κ3) is 5.00. The Balaban J connectivity index is 1.47. The van der Waals surface area contributed by atoms with E-state index in [4.69, 9.17) is 14.5 Å². The van der Waals surface area contributed by atoms with Gasteiger partial charge in [0.25, 0.3) is 0 Å². The zero-order valence-electron chi connectivity index (χ0n) is 20.6. The quantitative estimate of drug-likeness (QED) is 0.431. The summed E-state index contributed by atoms with van der Waals surface area (Å²) >= 11 is 1.41. The molecule has 3 aromatic rings. The van der Waals surface area contributed by atoms with E-state index >= 15 is 0 Å². The largest absolute Gasteiger partial charge is 0.494 e. The number of carbonyl (C=O) groups is 1. The molecular weight excluding hydrogens is 498 g/mol. The van der Waals surface area contributed by atoms with Crippen LogP contribution in [0.3, 0.4) is 0 Å². The molecule has 0 radical (unpaired) electrons. The van der Waals surface area contributed by atoms with Crippen LogP contribution in [-0.2, 0) is 19.6 Å². The lowest BCUT2D eigenvalue weighted by Crippen LogP contribution is -2.49. The average molecular weight is 530 g/mol. The number of hydrogen-bond acceptors (Lipinski definition) is 7. The zero-order chi connectivity index (χ0) is 25.3.